The van der Waals surface area contributed by atoms with Crippen molar-refractivity contribution in [1.29, 1.82) is 0 Å². The highest BCUT2D eigenvalue weighted by atomic mass is 79.9. The predicted molar refractivity (Wildman–Crippen MR) is 88.2 cm³/mol. The zero-order chi connectivity index (χ0) is 16.1. The Kier molecular flexibility index (Phi) is 5.57. The molecule has 0 bridgehead atoms. The zero-order valence-corrected chi connectivity index (χ0v) is 13.8. The number of carbonyl (C=O) groups is 2. The van der Waals surface area contributed by atoms with Crippen LogP contribution in [0.3, 0.4) is 0 Å². The lowest BCUT2D eigenvalue weighted by Gasteiger charge is -2.16. The maximum atomic E-state index is 12.2. The van der Waals surface area contributed by atoms with Crippen LogP contribution in [0.15, 0.2) is 53.0 Å². The molecule has 0 radical (unpaired) electrons. The highest BCUT2D eigenvalue weighted by Gasteiger charge is 2.22. The second-order valence-electron chi connectivity index (χ2n) is 4.64. The molecule has 6 heteroatoms. The van der Waals surface area contributed by atoms with E-state index in [0.29, 0.717) is 0 Å². The number of amides is 1. The SMILES string of the molecule is O=C(N[C@H](Cc1ccccc1Br)C(=O)O)c1ccccc1Cl. The molecule has 0 unspecified atom stereocenters. The van der Waals surface area contributed by atoms with Crippen molar-refractivity contribution < 1.29 is 14.7 Å². The molecular formula is C16H13BrClNO3. The van der Waals surface area contributed by atoms with Crippen LogP contribution in [0.5, 0.6) is 0 Å². The minimum atomic E-state index is -1.10. The smallest absolute Gasteiger partial charge is 0.326 e. The molecule has 0 saturated heterocycles. The molecule has 0 aliphatic heterocycles. The van der Waals surface area contributed by atoms with Crippen LogP contribution < -0.4 is 5.32 Å². The summed E-state index contributed by atoms with van der Waals surface area (Å²) in [6.45, 7) is 0. The summed E-state index contributed by atoms with van der Waals surface area (Å²) in [6, 6.07) is 12.8. The second-order valence-corrected chi connectivity index (χ2v) is 5.90. The number of rotatable bonds is 5. The third-order valence-corrected chi connectivity index (χ3v) is 4.21. The normalized spacial score (nSPS) is 11.7. The molecule has 114 valence electrons. The van der Waals surface area contributed by atoms with E-state index in [0.717, 1.165) is 10.0 Å². The van der Waals surface area contributed by atoms with Crippen molar-refractivity contribution in [2.45, 2.75) is 12.5 Å². The van der Waals surface area contributed by atoms with Gasteiger partial charge >= 0.3 is 5.97 Å². The third-order valence-electron chi connectivity index (χ3n) is 3.10. The van der Waals surface area contributed by atoms with Crippen LogP contribution in [0, 0.1) is 0 Å². The van der Waals surface area contributed by atoms with Crippen molar-refractivity contribution in [3.05, 3.63) is 69.2 Å². The molecule has 2 rings (SSSR count). The number of nitrogens with one attached hydrogen (secondary N) is 1. The first-order valence-corrected chi connectivity index (χ1v) is 7.67. The monoisotopic (exact) mass is 381 g/mol. The maximum absolute atomic E-state index is 12.2. The highest BCUT2D eigenvalue weighted by Crippen LogP contribution is 2.19. The van der Waals surface area contributed by atoms with Gasteiger partial charge in [-0.3, -0.25) is 4.79 Å². The average molecular weight is 383 g/mol. The van der Waals surface area contributed by atoms with Crippen molar-refractivity contribution in [3.63, 3.8) is 0 Å². The summed E-state index contributed by atoms with van der Waals surface area (Å²) in [6.07, 6.45) is 0.174. The molecule has 0 heterocycles. The molecule has 0 aliphatic rings. The molecule has 0 aromatic heterocycles. The van der Waals surface area contributed by atoms with Gasteiger partial charge in [0.1, 0.15) is 6.04 Å². The van der Waals surface area contributed by atoms with Gasteiger partial charge in [-0.2, -0.15) is 0 Å². The summed E-state index contributed by atoms with van der Waals surface area (Å²) in [5.74, 6) is -1.61. The van der Waals surface area contributed by atoms with Crippen LogP contribution in [0.4, 0.5) is 0 Å². The quantitative estimate of drug-likeness (QED) is 0.831. The number of benzene rings is 2. The number of carboxylic acid groups (broad SMARTS) is 1. The summed E-state index contributed by atoms with van der Waals surface area (Å²) in [5.41, 5.74) is 1.05. The third kappa shape index (κ3) is 4.08. The first-order chi connectivity index (χ1) is 10.5. The molecule has 0 fully saturated rings. The van der Waals surface area contributed by atoms with Crippen LogP contribution in [-0.2, 0) is 11.2 Å². The van der Waals surface area contributed by atoms with Crippen molar-refractivity contribution in [2.75, 3.05) is 0 Å². The van der Waals surface area contributed by atoms with Crippen LogP contribution >= 0.6 is 27.5 Å². The van der Waals surface area contributed by atoms with Gasteiger partial charge in [-0.1, -0.05) is 57.9 Å². The van der Waals surface area contributed by atoms with E-state index >= 15 is 0 Å². The molecule has 2 aromatic rings. The lowest BCUT2D eigenvalue weighted by atomic mass is 10.1. The number of carboxylic acids is 1. The van der Waals surface area contributed by atoms with Gasteiger partial charge in [-0.05, 0) is 23.8 Å². The molecule has 2 N–H and O–H groups in total. The standard InChI is InChI=1S/C16H13BrClNO3/c17-12-7-3-1-5-10(12)9-14(16(21)22)19-15(20)11-6-2-4-8-13(11)18/h1-8,14H,9H2,(H,19,20)(H,21,22)/t14-/m1/s1. The van der Waals surface area contributed by atoms with Gasteiger partial charge in [-0.25, -0.2) is 4.79 Å². The predicted octanol–water partition coefficient (Wildman–Crippen LogP) is 3.53. The topological polar surface area (TPSA) is 66.4 Å². The molecule has 22 heavy (non-hydrogen) atoms. The summed E-state index contributed by atoms with van der Waals surface area (Å²) in [5, 5.41) is 12.1. The Bertz CT molecular complexity index is 705. The Morgan fingerprint density at radius 1 is 1.14 bits per heavy atom. The van der Waals surface area contributed by atoms with Gasteiger partial charge in [0.05, 0.1) is 10.6 Å². The van der Waals surface area contributed by atoms with E-state index in [2.05, 4.69) is 21.2 Å². The fraction of sp³-hybridized carbons (Fsp3) is 0.125. The largest absolute Gasteiger partial charge is 0.480 e. The van der Waals surface area contributed by atoms with E-state index in [4.69, 9.17) is 11.6 Å². The number of hydrogen-bond donors (Lipinski definition) is 2. The molecule has 0 spiro atoms. The lowest BCUT2D eigenvalue weighted by molar-refractivity contribution is -0.139. The van der Waals surface area contributed by atoms with Crippen molar-refractivity contribution in [1.82, 2.24) is 5.32 Å². The van der Waals surface area contributed by atoms with Gasteiger partial charge in [0, 0.05) is 10.9 Å². The Labute approximate surface area is 141 Å². The van der Waals surface area contributed by atoms with E-state index in [1.54, 1.807) is 24.3 Å². The van der Waals surface area contributed by atoms with E-state index in [-0.39, 0.29) is 17.0 Å². The summed E-state index contributed by atoms with van der Waals surface area (Å²) >= 11 is 9.32. The van der Waals surface area contributed by atoms with Gasteiger partial charge in [0.2, 0.25) is 0 Å². The molecule has 4 nitrogen and oxygen atoms in total. The van der Waals surface area contributed by atoms with Crippen LogP contribution in [0.1, 0.15) is 15.9 Å². The van der Waals surface area contributed by atoms with Crippen LogP contribution in [-0.4, -0.2) is 23.0 Å². The Morgan fingerprint density at radius 2 is 1.77 bits per heavy atom. The van der Waals surface area contributed by atoms with Gasteiger partial charge in [0.25, 0.3) is 5.91 Å². The van der Waals surface area contributed by atoms with E-state index in [9.17, 15) is 14.7 Å². The fourth-order valence-electron chi connectivity index (χ4n) is 1.97. The van der Waals surface area contributed by atoms with Crippen LogP contribution in [0.2, 0.25) is 5.02 Å². The Morgan fingerprint density at radius 3 is 2.41 bits per heavy atom. The summed E-state index contributed by atoms with van der Waals surface area (Å²) < 4.78 is 0.799. The van der Waals surface area contributed by atoms with E-state index in [1.807, 2.05) is 24.3 Å². The van der Waals surface area contributed by atoms with Gasteiger partial charge in [-0.15, -0.1) is 0 Å². The Hall–Kier alpha value is -1.85. The number of halogens is 2. The zero-order valence-electron chi connectivity index (χ0n) is 11.4. The maximum Gasteiger partial charge on any atom is 0.326 e. The molecule has 1 amide bonds. The molecule has 0 aliphatic carbocycles. The first-order valence-electron chi connectivity index (χ1n) is 6.50. The van der Waals surface area contributed by atoms with Crippen molar-refractivity contribution in [2.24, 2.45) is 0 Å². The minimum absolute atomic E-state index is 0.174. The molecule has 0 saturated carbocycles. The molecule has 1 atom stereocenters. The summed E-state index contributed by atoms with van der Waals surface area (Å²) in [4.78, 5) is 23.6. The van der Waals surface area contributed by atoms with E-state index < -0.39 is 17.9 Å². The van der Waals surface area contributed by atoms with Crippen molar-refractivity contribution in [3.8, 4) is 0 Å². The Balaban J connectivity index is 2.16. The average Bonchev–Trinajstić information content (AvgIpc) is 2.49. The van der Waals surface area contributed by atoms with Gasteiger partial charge < -0.3 is 10.4 Å². The molecule has 2 aromatic carbocycles. The second kappa shape index (κ2) is 7.42. The number of aliphatic carboxylic acids is 1. The molecular weight excluding hydrogens is 370 g/mol. The van der Waals surface area contributed by atoms with Crippen molar-refractivity contribution >= 4 is 39.4 Å². The van der Waals surface area contributed by atoms with Gasteiger partial charge in [0.15, 0.2) is 0 Å². The highest BCUT2D eigenvalue weighted by molar-refractivity contribution is 9.10. The number of carbonyl (C=O) groups excluding carboxylic acids is 1. The van der Waals surface area contributed by atoms with E-state index in [1.165, 1.54) is 0 Å². The lowest BCUT2D eigenvalue weighted by Crippen LogP contribution is -2.42. The number of hydrogen-bond acceptors (Lipinski definition) is 2. The first kappa shape index (κ1) is 16.5. The van der Waals surface area contributed by atoms with Crippen LogP contribution in [0.25, 0.3) is 0 Å². The summed E-state index contributed by atoms with van der Waals surface area (Å²) in [7, 11) is 0. The fourth-order valence-corrected chi connectivity index (χ4v) is 2.63. The minimum Gasteiger partial charge on any atom is -0.480 e.